The van der Waals surface area contributed by atoms with Crippen LogP contribution in [-0.2, 0) is 0 Å². The van der Waals surface area contributed by atoms with Crippen molar-refractivity contribution in [1.82, 2.24) is 0 Å². The van der Waals surface area contributed by atoms with Crippen LogP contribution in [0, 0.1) is 0 Å². The molecule has 0 nitrogen and oxygen atoms in total. The van der Waals surface area contributed by atoms with Gasteiger partial charge in [-0.1, -0.05) is 19.1 Å². The van der Waals surface area contributed by atoms with Gasteiger partial charge in [-0.3, -0.25) is 0 Å². The molecule has 0 saturated heterocycles. The lowest BCUT2D eigenvalue weighted by molar-refractivity contribution is -0.113. The van der Waals surface area contributed by atoms with Gasteiger partial charge in [-0.2, -0.15) is 26.3 Å². The summed E-state index contributed by atoms with van der Waals surface area (Å²) < 4.78 is 64.8. The van der Waals surface area contributed by atoms with Crippen molar-refractivity contribution < 1.29 is 26.3 Å². The minimum atomic E-state index is -5.56. The highest BCUT2D eigenvalue weighted by molar-refractivity contribution is 4.98. The summed E-state index contributed by atoms with van der Waals surface area (Å²) in [4.78, 5) is 0. The summed E-state index contributed by atoms with van der Waals surface area (Å²) >= 11 is 0. The normalized spacial score (nSPS) is 10.9. The Morgan fingerprint density at radius 3 is 1.57 bits per heavy atom. The van der Waals surface area contributed by atoms with Crippen LogP contribution in [0.4, 0.5) is 26.3 Å². The van der Waals surface area contributed by atoms with Crippen LogP contribution in [0.5, 0.6) is 0 Å². The Labute approximate surface area is 77.9 Å². The maximum Gasteiger partial charge on any atom is 0.448 e. The molecule has 0 N–H and O–H groups in total. The topological polar surface area (TPSA) is 0 Å². The van der Waals surface area contributed by atoms with E-state index in [-0.39, 0.29) is 0 Å². The van der Waals surface area contributed by atoms with Crippen molar-refractivity contribution in [3.8, 4) is 0 Å². The molecule has 0 aromatic heterocycles. The number of hydrogen-bond donors (Lipinski definition) is 0. The molecule has 0 heterocycles. The third-order valence-electron chi connectivity index (χ3n) is 0.886. The average Bonchev–Trinajstić information content (AvgIpc) is 2.04. The second kappa shape index (κ2) is 7.46. The molecule has 0 aromatic carbocycles. The van der Waals surface area contributed by atoms with E-state index in [9.17, 15) is 26.3 Å². The van der Waals surface area contributed by atoms with Gasteiger partial charge in [0.15, 0.2) is 0 Å². The lowest BCUT2D eigenvalue weighted by atomic mass is 10.4. The van der Waals surface area contributed by atoms with Gasteiger partial charge in [0.25, 0.3) is 5.83 Å². The summed E-state index contributed by atoms with van der Waals surface area (Å²) in [6.45, 7) is 4.16. The van der Waals surface area contributed by atoms with Gasteiger partial charge in [0.05, 0.1) is 0 Å². The van der Waals surface area contributed by atoms with Crippen LogP contribution in [0.15, 0.2) is 24.1 Å². The fourth-order valence-electron chi connectivity index (χ4n) is 0.343. The first-order chi connectivity index (χ1) is 6.27. The lowest BCUT2D eigenvalue weighted by Gasteiger charge is -1.98. The zero-order valence-electron chi connectivity index (χ0n) is 7.63. The minimum Gasteiger partial charge on any atom is -0.196 e. The Hall–Kier alpha value is -0.940. The van der Waals surface area contributed by atoms with Crippen molar-refractivity contribution >= 4 is 0 Å². The molecule has 14 heavy (non-hydrogen) atoms. The maximum atomic E-state index is 11.0. The standard InChI is InChI=1S/C5H10.C3F6/c1-3-5-4-2;4-1(2(5)6)3(7,8)9/h3,5H,4H2,1-2H3;. The SMILES string of the molecule is CC=CCC.FC(F)=C(F)C(F)(F)F. The van der Waals surface area contributed by atoms with E-state index in [0.717, 1.165) is 6.42 Å². The smallest absolute Gasteiger partial charge is 0.196 e. The van der Waals surface area contributed by atoms with Gasteiger partial charge in [-0.25, -0.2) is 0 Å². The van der Waals surface area contributed by atoms with Gasteiger partial charge < -0.3 is 0 Å². The molecule has 0 amide bonds. The molecule has 0 fully saturated rings. The van der Waals surface area contributed by atoms with E-state index in [1.54, 1.807) is 0 Å². The summed E-state index contributed by atoms with van der Waals surface area (Å²) in [7, 11) is 0. The largest absolute Gasteiger partial charge is 0.448 e. The van der Waals surface area contributed by atoms with E-state index in [1.807, 2.05) is 6.92 Å². The maximum absolute atomic E-state index is 11.0. The van der Waals surface area contributed by atoms with Gasteiger partial charge in [-0.05, 0) is 13.3 Å². The Morgan fingerprint density at radius 1 is 1.14 bits per heavy atom. The van der Waals surface area contributed by atoms with Crippen LogP contribution in [0.25, 0.3) is 0 Å². The first-order valence-electron chi connectivity index (χ1n) is 3.66. The molecule has 84 valence electrons. The molecule has 0 aliphatic rings. The van der Waals surface area contributed by atoms with Gasteiger partial charge in [0.2, 0.25) is 0 Å². The zero-order chi connectivity index (χ0) is 11.8. The van der Waals surface area contributed by atoms with E-state index >= 15 is 0 Å². The van der Waals surface area contributed by atoms with Crippen LogP contribution in [0.3, 0.4) is 0 Å². The molecule has 0 unspecified atom stereocenters. The lowest BCUT2D eigenvalue weighted by Crippen LogP contribution is -2.08. The van der Waals surface area contributed by atoms with Crippen LogP contribution >= 0.6 is 0 Å². The molecule has 0 rings (SSSR count). The molecular formula is C8H10F6. The molecule has 0 spiro atoms. The van der Waals surface area contributed by atoms with E-state index < -0.39 is 18.1 Å². The highest BCUT2D eigenvalue weighted by Gasteiger charge is 2.38. The predicted molar refractivity (Wildman–Crippen MR) is 41.5 cm³/mol. The van der Waals surface area contributed by atoms with Crippen molar-refractivity contribution in [2.24, 2.45) is 0 Å². The molecule has 0 bridgehead atoms. The number of allylic oxidation sites excluding steroid dienone is 3. The monoisotopic (exact) mass is 220 g/mol. The highest BCUT2D eigenvalue weighted by Crippen LogP contribution is 2.29. The average molecular weight is 220 g/mol. The summed E-state index contributed by atoms with van der Waals surface area (Å²) in [5, 5.41) is 0. The first kappa shape index (κ1) is 15.5. The van der Waals surface area contributed by atoms with Crippen LogP contribution in [0.1, 0.15) is 20.3 Å². The van der Waals surface area contributed by atoms with E-state index in [1.165, 1.54) is 0 Å². The summed E-state index contributed by atoms with van der Waals surface area (Å²) in [6.07, 6.45) is -3.56. The number of alkyl halides is 3. The molecule has 6 heteroatoms. The number of halogens is 6. The summed E-state index contributed by atoms with van der Waals surface area (Å²) in [6, 6.07) is 0. The second-order valence-corrected chi connectivity index (χ2v) is 2.05. The van der Waals surface area contributed by atoms with Gasteiger partial charge >= 0.3 is 12.3 Å². The van der Waals surface area contributed by atoms with Crippen LogP contribution in [-0.4, -0.2) is 6.18 Å². The van der Waals surface area contributed by atoms with Gasteiger partial charge in [0, 0.05) is 0 Å². The minimum absolute atomic E-state index is 1.16. The molecule has 0 atom stereocenters. The fourth-order valence-corrected chi connectivity index (χ4v) is 0.343. The van der Waals surface area contributed by atoms with E-state index in [2.05, 4.69) is 19.1 Å². The number of hydrogen-bond acceptors (Lipinski definition) is 0. The van der Waals surface area contributed by atoms with Gasteiger partial charge in [-0.15, -0.1) is 0 Å². The van der Waals surface area contributed by atoms with Crippen molar-refractivity contribution in [2.75, 3.05) is 0 Å². The van der Waals surface area contributed by atoms with E-state index in [0.29, 0.717) is 0 Å². The Balaban J connectivity index is 0. The molecule has 0 saturated carbocycles. The van der Waals surface area contributed by atoms with Crippen LogP contribution < -0.4 is 0 Å². The molecule has 0 aliphatic heterocycles. The Morgan fingerprint density at radius 2 is 1.57 bits per heavy atom. The Kier molecular flexibility index (Phi) is 8.28. The molecular weight excluding hydrogens is 210 g/mol. The highest BCUT2D eigenvalue weighted by atomic mass is 19.4. The predicted octanol–water partition coefficient (Wildman–Crippen LogP) is 4.60. The van der Waals surface area contributed by atoms with Crippen molar-refractivity contribution in [1.29, 1.82) is 0 Å². The summed E-state index contributed by atoms with van der Waals surface area (Å²) in [5.41, 5.74) is 0. The quantitative estimate of drug-likeness (QED) is 0.447. The third-order valence-corrected chi connectivity index (χ3v) is 0.886. The van der Waals surface area contributed by atoms with Gasteiger partial charge in [0.1, 0.15) is 0 Å². The van der Waals surface area contributed by atoms with Crippen molar-refractivity contribution in [3.05, 3.63) is 24.1 Å². The van der Waals surface area contributed by atoms with Crippen molar-refractivity contribution in [2.45, 2.75) is 26.4 Å². The van der Waals surface area contributed by atoms with Crippen molar-refractivity contribution in [3.63, 3.8) is 0 Å². The second-order valence-electron chi connectivity index (χ2n) is 2.05. The van der Waals surface area contributed by atoms with E-state index in [4.69, 9.17) is 0 Å². The first-order valence-corrected chi connectivity index (χ1v) is 3.66. The summed E-state index contributed by atoms with van der Waals surface area (Å²) in [5.74, 6) is -3.33. The number of rotatable bonds is 1. The Bertz CT molecular complexity index is 196. The molecule has 0 aromatic rings. The molecule has 0 radical (unpaired) electrons. The van der Waals surface area contributed by atoms with Crippen LogP contribution in [0.2, 0.25) is 0 Å². The zero-order valence-corrected chi connectivity index (χ0v) is 7.63. The molecule has 0 aliphatic carbocycles. The fraction of sp³-hybridized carbons (Fsp3) is 0.500. The third kappa shape index (κ3) is 9.15.